The van der Waals surface area contributed by atoms with Crippen LogP contribution in [-0.2, 0) is 6.61 Å². The Balaban J connectivity index is 1.96. The van der Waals surface area contributed by atoms with E-state index in [9.17, 15) is 9.90 Å². The number of amides is 1. The molecule has 0 radical (unpaired) electrons. The second-order valence-electron chi connectivity index (χ2n) is 5.12. The van der Waals surface area contributed by atoms with Crippen molar-refractivity contribution in [1.29, 1.82) is 0 Å². The molecule has 120 valence electrons. The first-order valence-electron chi connectivity index (χ1n) is 7.37. The molecule has 0 saturated carbocycles. The summed E-state index contributed by atoms with van der Waals surface area (Å²) in [4.78, 5) is 20.8. The Morgan fingerprint density at radius 2 is 1.79 bits per heavy atom. The van der Waals surface area contributed by atoms with Crippen molar-refractivity contribution in [3.63, 3.8) is 0 Å². The monoisotopic (exact) mass is 320 g/mol. The summed E-state index contributed by atoms with van der Waals surface area (Å²) < 4.78 is 0. The molecule has 0 unspecified atom stereocenters. The van der Waals surface area contributed by atoms with E-state index in [-0.39, 0.29) is 18.1 Å². The van der Waals surface area contributed by atoms with Gasteiger partial charge < -0.3 is 16.2 Å². The Bertz CT molecular complexity index is 866. The molecule has 1 heterocycles. The normalized spacial score (nSPS) is 10.4. The number of aromatic nitrogens is 2. The van der Waals surface area contributed by atoms with Crippen molar-refractivity contribution in [1.82, 2.24) is 9.97 Å². The summed E-state index contributed by atoms with van der Waals surface area (Å²) in [6.45, 7) is -0.131. The van der Waals surface area contributed by atoms with E-state index < -0.39 is 5.91 Å². The molecule has 0 bridgehead atoms. The molecular weight excluding hydrogens is 304 g/mol. The van der Waals surface area contributed by atoms with Crippen LogP contribution >= 0.6 is 0 Å². The molecule has 0 aliphatic carbocycles. The number of anilines is 2. The van der Waals surface area contributed by atoms with Crippen molar-refractivity contribution >= 4 is 17.4 Å². The number of nitrogens with one attached hydrogen (secondary N) is 1. The number of aliphatic hydroxyl groups is 1. The van der Waals surface area contributed by atoms with Gasteiger partial charge in [0.25, 0.3) is 5.91 Å². The van der Waals surface area contributed by atoms with E-state index in [0.717, 1.165) is 0 Å². The SMILES string of the molecule is Nc1ncc(-c2ccccc2CO)nc1C(=O)Nc1ccccc1. The molecule has 0 aliphatic heterocycles. The average molecular weight is 320 g/mol. The minimum atomic E-state index is -0.436. The third-order valence-corrected chi connectivity index (χ3v) is 3.51. The van der Waals surface area contributed by atoms with Gasteiger partial charge in [-0.1, -0.05) is 42.5 Å². The largest absolute Gasteiger partial charge is 0.392 e. The lowest BCUT2D eigenvalue weighted by Crippen LogP contribution is -2.17. The number of hydrogen-bond acceptors (Lipinski definition) is 5. The molecule has 6 nitrogen and oxygen atoms in total. The van der Waals surface area contributed by atoms with Crippen LogP contribution in [0.15, 0.2) is 60.8 Å². The van der Waals surface area contributed by atoms with Crippen LogP contribution < -0.4 is 11.1 Å². The molecule has 1 amide bonds. The van der Waals surface area contributed by atoms with Gasteiger partial charge >= 0.3 is 0 Å². The summed E-state index contributed by atoms with van der Waals surface area (Å²) in [6.07, 6.45) is 1.49. The van der Waals surface area contributed by atoms with E-state index in [0.29, 0.717) is 22.5 Å². The predicted molar refractivity (Wildman–Crippen MR) is 92.2 cm³/mol. The summed E-state index contributed by atoms with van der Waals surface area (Å²) in [6, 6.07) is 16.3. The molecule has 0 atom stereocenters. The van der Waals surface area contributed by atoms with E-state index >= 15 is 0 Å². The molecule has 2 aromatic carbocycles. The first-order chi connectivity index (χ1) is 11.7. The molecule has 0 saturated heterocycles. The average Bonchev–Trinajstić information content (AvgIpc) is 2.63. The van der Waals surface area contributed by atoms with Crippen molar-refractivity contribution < 1.29 is 9.90 Å². The number of carbonyl (C=O) groups excluding carboxylic acids is 1. The molecular formula is C18H16N4O2. The molecule has 0 aliphatic rings. The molecule has 0 spiro atoms. The number of rotatable bonds is 4. The fourth-order valence-electron chi connectivity index (χ4n) is 2.32. The van der Waals surface area contributed by atoms with Crippen molar-refractivity contribution in [2.24, 2.45) is 0 Å². The zero-order chi connectivity index (χ0) is 16.9. The van der Waals surface area contributed by atoms with Crippen LogP contribution in [0.4, 0.5) is 11.5 Å². The van der Waals surface area contributed by atoms with Gasteiger partial charge in [-0.3, -0.25) is 4.79 Å². The van der Waals surface area contributed by atoms with Crippen LogP contribution in [0.1, 0.15) is 16.1 Å². The van der Waals surface area contributed by atoms with Crippen molar-refractivity contribution in [3.05, 3.63) is 72.1 Å². The zero-order valence-electron chi connectivity index (χ0n) is 12.8. The summed E-state index contributed by atoms with van der Waals surface area (Å²) in [5.41, 5.74) is 8.39. The Morgan fingerprint density at radius 1 is 1.08 bits per heavy atom. The van der Waals surface area contributed by atoms with Crippen LogP contribution in [-0.4, -0.2) is 21.0 Å². The quantitative estimate of drug-likeness (QED) is 0.685. The highest BCUT2D eigenvalue weighted by molar-refractivity contribution is 6.05. The first-order valence-corrected chi connectivity index (χ1v) is 7.37. The van der Waals surface area contributed by atoms with Crippen LogP contribution in [0.3, 0.4) is 0 Å². The van der Waals surface area contributed by atoms with Gasteiger partial charge in [0.15, 0.2) is 11.5 Å². The molecule has 4 N–H and O–H groups in total. The summed E-state index contributed by atoms with van der Waals surface area (Å²) in [5.74, 6) is -0.386. The summed E-state index contributed by atoms with van der Waals surface area (Å²) in [7, 11) is 0. The maximum absolute atomic E-state index is 12.4. The lowest BCUT2D eigenvalue weighted by atomic mass is 10.1. The minimum absolute atomic E-state index is 0.0455. The number of nitrogens with two attached hydrogens (primary N) is 1. The first kappa shape index (κ1) is 15.6. The van der Waals surface area contributed by atoms with Gasteiger partial charge in [-0.25, -0.2) is 9.97 Å². The minimum Gasteiger partial charge on any atom is -0.392 e. The van der Waals surface area contributed by atoms with Gasteiger partial charge in [-0.2, -0.15) is 0 Å². The predicted octanol–water partition coefficient (Wildman–Crippen LogP) is 2.47. The molecule has 3 rings (SSSR count). The van der Waals surface area contributed by atoms with Crippen molar-refractivity contribution in [2.75, 3.05) is 11.1 Å². The van der Waals surface area contributed by atoms with E-state index in [1.165, 1.54) is 6.20 Å². The van der Waals surface area contributed by atoms with Gasteiger partial charge in [0.05, 0.1) is 18.5 Å². The Morgan fingerprint density at radius 3 is 2.54 bits per heavy atom. The zero-order valence-corrected chi connectivity index (χ0v) is 12.8. The summed E-state index contributed by atoms with van der Waals surface area (Å²) >= 11 is 0. The Kier molecular flexibility index (Phi) is 4.49. The number of carbonyl (C=O) groups is 1. The second kappa shape index (κ2) is 6.89. The number of benzene rings is 2. The third-order valence-electron chi connectivity index (χ3n) is 3.51. The number of para-hydroxylation sites is 1. The van der Waals surface area contributed by atoms with Gasteiger partial charge in [-0.05, 0) is 17.7 Å². The standard InChI is InChI=1S/C18H16N4O2/c19-17-16(18(24)21-13-7-2-1-3-8-13)22-15(10-20-17)14-9-5-4-6-12(14)11-23/h1-10,23H,11H2,(H2,19,20)(H,21,24). The Labute approximate surface area is 139 Å². The van der Waals surface area contributed by atoms with E-state index in [1.807, 2.05) is 36.4 Å². The van der Waals surface area contributed by atoms with Crippen LogP contribution in [0.5, 0.6) is 0 Å². The van der Waals surface area contributed by atoms with E-state index in [4.69, 9.17) is 5.73 Å². The highest BCUT2D eigenvalue weighted by Crippen LogP contribution is 2.23. The van der Waals surface area contributed by atoms with Gasteiger partial charge in [0.1, 0.15) is 0 Å². The van der Waals surface area contributed by atoms with E-state index in [1.54, 1.807) is 18.2 Å². The molecule has 3 aromatic rings. The highest BCUT2D eigenvalue weighted by Gasteiger charge is 2.16. The smallest absolute Gasteiger partial charge is 0.278 e. The lowest BCUT2D eigenvalue weighted by molar-refractivity contribution is 0.102. The van der Waals surface area contributed by atoms with Crippen LogP contribution in [0, 0.1) is 0 Å². The van der Waals surface area contributed by atoms with Gasteiger partial charge in [-0.15, -0.1) is 0 Å². The molecule has 6 heteroatoms. The highest BCUT2D eigenvalue weighted by atomic mass is 16.3. The fraction of sp³-hybridized carbons (Fsp3) is 0.0556. The Hall–Kier alpha value is -3.25. The number of nitrogens with zero attached hydrogens (tertiary/aromatic N) is 2. The molecule has 24 heavy (non-hydrogen) atoms. The van der Waals surface area contributed by atoms with Crippen molar-refractivity contribution in [3.8, 4) is 11.3 Å². The summed E-state index contributed by atoms with van der Waals surface area (Å²) in [5, 5.41) is 12.2. The maximum Gasteiger partial charge on any atom is 0.278 e. The number of nitrogen functional groups attached to an aromatic ring is 1. The van der Waals surface area contributed by atoms with Gasteiger partial charge in [0.2, 0.25) is 0 Å². The lowest BCUT2D eigenvalue weighted by Gasteiger charge is -2.10. The van der Waals surface area contributed by atoms with Crippen LogP contribution in [0.2, 0.25) is 0 Å². The van der Waals surface area contributed by atoms with Crippen molar-refractivity contribution in [2.45, 2.75) is 6.61 Å². The van der Waals surface area contributed by atoms with E-state index in [2.05, 4.69) is 15.3 Å². The fourth-order valence-corrected chi connectivity index (χ4v) is 2.32. The topological polar surface area (TPSA) is 101 Å². The van der Waals surface area contributed by atoms with Crippen LogP contribution in [0.25, 0.3) is 11.3 Å². The second-order valence-corrected chi connectivity index (χ2v) is 5.12. The number of aliphatic hydroxyl groups excluding tert-OH is 1. The third kappa shape index (κ3) is 3.23. The molecule has 1 aromatic heterocycles. The number of hydrogen-bond donors (Lipinski definition) is 3. The maximum atomic E-state index is 12.4. The van der Waals surface area contributed by atoms with Gasteiger partial charge in [0, 0.05) is 11.3 Å². The molecule has 0 fully saturated rings.